The molecule has 0 aliphatic rings. The number of halogens is 3. The number of benzene rings is 1. The molecule has 1 aromatic carbocycles. The number of aryl methyl sites for hydroxylation is 1. The Bertz CT molecular complexity index is 1400. The number of ether oxygens (including phenoxy) is 3. The molecule has 10 nitrogen and oxygen atoms in total. The number of hydrogen-bond acceptors (Lipinski definition) is 7. The summed E-state index contributed by atoms with van der Waals surface area (Å²) in [5, 5.41) is 12.2. The summed E-state index contributed by atoms with van der Waals surface area (Å²) in [6.45, 7) is 4.62. The van der Waals surface area contributed by atoms with Crippen LogP contribution in [0.15, 0.2) is 41.7 Å². The summed E-state index contributed by atoms with van der Waals surface area (Å²) in [4.78, 5) is 29.7. The number of unbranched alkanes of at least 4 members (excludes halogenated alkanes) is 1. The highest BCUT2D eigenvalue weighted by Crippen LogP contribution is 2.33. The topological polar surface area (TPSA) is 115 Å². The van der Waals surface area contributed by atoms with Crippen molar-refractivity contribution in [3.05, 3.63) is 52.6 Å². The van der Waals surface area contributed by atoms with Gasteiger partial charge in [0.1, 0.15) is 17.9 Å². The molecule has 0 fully saturated rings. The molecule has 0 aliphatic carbocycles. The molecule has 0 unspecified atom stereocenters. The zero-order valence-corrected chi connectivity index (χ0v) is 23.9. The van der Waals surface area contributed by atoms with E-state index in [1.807, 2.05) is 11.5 Å². The molecule has 3 rings (SSSR count). The fourth-order valence-corrected chi connectivity index (χ4v) is 4.72. The summed E-state index contributed by atoms with van der Waals surface area (Å²) in [6, 6.07) is 4.36. The zero-order valence-electron chi connectivity index (χ0n) is 23.1. The third kappa shape index (κ3) is 9.26. The van der Waals surface area contributed by atoms with Crippen LogP contribution in [0.2, 0.25) is 0 Å². The highest BCUT2D eigenvalue weighted by Gasteiger charge is 2.32. The maximum absolute atomic E-state index is 13.4. The van der Waals surface area contributed by atoms with Crippen molar-refractivity contribution in [2.24, 2.45) is 4.99 Å². The van der Waals surface area contributed by atoms with Gasteiger partial charge in [0.05, 0.1) is 21.9 Å². The highest BCUT2D eigenvalue weighted by molar-refractivity contribution is 7.16. The lowest BCUT2D eigenvalue weighted by atomic mass is 10.1. The van der Waals surface area contributed by atoms with Crippen molar-refractivity contribution in [1.29, 1.82) is 0 Å². The molecule has 0 radical (unpaired) electrons. The Labute approximate surface area is 239 Å². The van der Waals surface area contributed by atoms with Crippen LogP contribution in [-0.4, -0.2) is 54.6 Å². The summed E-state index contributed by atoms with van der Waals surface area (Å²) in [6.07, 6.45) is -0.422. The fourth-order valence-electron chi connectivity index (χ4n) is 3.70. The smallest absolute Gasteiger partial charge is 0.416 e. The molecule has 0 bridgehead atoms. The van der Waals surface area contributed by atoms with Gasteiger partial charge in [-0.05, 0) is 38.0 Å². The number of hydrogen-bond donors (Lipinski definition) is 2. The first kappa shape index (κ1) is 32.0. The van der Waals surface area contributed by atoms with Crippen LogP contribution in [0.5, 0.6) is 5.75 Å². The number of fused-ring (bicyclic) bond motifs is 1. The van der Waals surface area contributed by atoms with E-state index in [1.54, 1.807) is 30.1 Å². The molecule has 1 atom stereocenters. The van der Waals surface area contributed by atoms with Gasteiger partial charge in [0.2, 0.25) is 0 Å². The lowest BCUT2D eigenvalue weighted by molar-refractivity contribution is -0.726. The summed E-state index contributed by atoms with van der Waals surface area (Å²) in [5.74, 6) is -1.01. The quantitative estimate of drug-likeness (QED) is 0.227. The number of methoxy groups -OCH3 is 1. The van der Waals surface area contributed by atoms with Gasteiger partial charge in [-0.15, -0.1) is 0 Å². The molecular weight excluding hydrogens is 565 g/mol. The molecule has 0 saturated carbocycles. The van der Waals surface area contributed by atoms with Gasteiger partial charge in [-0.3, -0.25) is 4.79 Å². The van der Waals surface area contributed by atoms with Crippen molar-refractivity contribution in [2.45, 2.75) is 58.7 Å². The second-order valence-corrected chi connectivity index (χ2v) is 10.2. The van der Waals surface area contributed by atoms with E-state index in [0.29, 0.717) is 37.0 Å². The third-order valence-electron chi connectivity index (χ3n) is 5.77. The number of amides is 2. The van der Waals surface area contributed by atoms with E-state index in [-0.39, 0.29) is 24.7 Å². The largest absolute Gasteiger partial charge is 0.490 e. The van der Waals surface area contributed by atoms with Gasteiger partial charge in [-0.1, -0.05) is 24.7 Å². The van der Waals surface area contributed by atoms with Crippen LogP contribution in [-0.2, 0) is 28.9 Å². The minimum absolute atomic E-state index is 0.0602. The second kappa shape index (κ2) is 14.9. The van der Waals surface area contributed by atoms with Crippen molar-refractivity contribution >= 4 is 33.6 Å². The molecule has 224 valence electrons. The molecular formula is C27H34F3N4O6S+. The minimum Gasteiger partial charge on any atom is -0.490 e. The number of alkyl carbamates (subject to hydrolysis) is 1. The number of aliphatic hydroxyl groups is 1. The molecule has 2 amide bonds. The van der Waals surface area contributed by atoms with Crippen molar-refractivity contribution < 1.29 is 46.6 Å². The van der Waals surface area contributed by atoms with E-state index < -0.39 is 29.8 Å². The Morgan fingerprint density at radius 3 is 2.71 bits per heavy atom. The van der Waals surface area contributed by atoms with Gasteiger partial charge in [-0.25, -0.2) is 4.79 Å². The van der Waals surface area contributed by atoms with E-state index in [0.717, 1.165) is 35.2 Å². The van der Waals surface area contributed by atoms with Crippen LogP contribution in [0.1, 0.15) is 49.0 Å². The maximum atomic E-state index is 13.4. The lowest BCUT2D eigenvalue weighted by Crippen LogP contribution is -2.38. The van der Waals surface area contributed by atoms with Crippen LogP contribution in [0.25, 0.3) is 10.2 Å². The van der Waals surface area contributed by atoms with Crippen molar-refractivity contribution in [1.82, 2.24) is 9.88 Å². The van der Waals surface area contributed by atoms with Crippen LogP contribution < -0.4 is 19.4 Å². The first-order chi connectivity index (χ1) is 19.5. The molecule has 14 heteroatoms. The molecule has 2 N–H and O–H groups in total. The molecule has 0 aliphatic heterocycles. The summed E-state index contributed by atoms with van der Waals surface area (Å²) in [7, 11) is 1.58. The molecule has 3 aromatic rings. The van der Waals surface area contributed by atoms with E-state index in [2.05, 4.69) is 10.3 Å². The Kier molecular flexibility index (Phi) is 11.7. The standard InChI is InChI=1S/C27H33F3N4O6S/c1-4-5-11-34-21-15-33(17-40-26(37)31-10-6-13-38-3)12-9-23(21)41-25(34)32-24(36)20-14-19(27(28,29)30)7-8-22(20)39-16-18(2)35/h7-9,12,14-15,18,35H,4-6,10-11,13,16-17H2,1-3H3/p+1/b32-25-/t18-/m0/s1. The van der Waals surface area contributed by atoms with E-state index in [4.69, 9.17) is 14.2 Å². The Balaban J connectivity index is 1.95. The maximum Gasteiger partial charge on any atom is 0.416 e. The molecule has 2 aromatic heterocycles. The number of pyridine rings is 1. The average Bonchev–Trinajstić information content (AvgIpc) is 3.27. The monoisotopic (exact) mass is 599 g/mol. The zero-order chi connectivity index (χ0) is 30.0. The number of nitrogens with one attached hydrogen (secondary N) is 1. The lowest BCUT2D eigenvalue weighted by Gasteiger charge is -2.13. The minimum atomic E-state index is -4.67. The third-order valence-corrected chi connectivity index (χ3v) is 6.83. The number of rotatable bonds is 13. The highest BCUT2D eigenvalue weighted by atomic mass is 32.1. The number of thiazole rings is 1. The van der Waals surface area contributed by atoms with Gasteiger partial charge in [0.15, 0.2) is 17.2 Å². The second-order valence-electron chi connectivity index (χ2n) is 9.22. The number of aliphatic hydroxyl groups excluding tert-OH is 1. The van der Waals surface area contributed by atoms with Gasteiger partial charge >= 0.3 is 12.3 Å². The van der Waals surface area contributed by atoms with Crippen molar-refractivity contribution in [2.75, 3.05) is 26.9 Å². The fraction of sp³-hybridized carbons (Fsp3) is 0.481. The van der Waals surface area contributed by atoms with Gasteiger partial charge in [-0.2, -0.15) is 22.7 Å². The Hall–Kier alpha value is -3.49. The van der Waals surface area contributed by atoms with Crippen LogP contribution in [0, 0.1) is 0 Å². The summed E-state index contributed by atoms with van der Waals surface area (Å²) < 4.78 is 60.1. The first-order valence-electron chi connectivity index (χ1n) is 13.1. The normalized spacial score (nSPS) is 12.9. The summed E-state index contributed by atoms with van der Waals surface area (Å²) >= 11 is 1.21. The van der Waals surface area contributed by atoms with E-state index >= 15 is 0 Å². The molecule has 0 saturated heterocycles. The molecule has 2 heterocycles. The average molecular weight is 600 g/mol. The van der Waals surface area contributed by atoms with Gasteiger partial charge in [0, 0.05) is 32.9 Å². The van der Waals surface area contributed by atoms with Gasteiger partial charge < -0.3 is 29.2 Å². The predicted octanol–water partition coefficient (Wildman–Crippen LogP) is 4.03. The number of carbonyl (C=O) groups excluding carboxylic acids is 2. The molecule has 0 spiro atoms. The predicted molar refractivity (Wildman–Crippen MR) is 144 cm³/mol. The molecule has 41 heavy (non-hydrogen) atoms. The van der Waals surface area contributed by atoms with Crippen LogP contribution in [0.4, 0.5) is 18.0 Å². The van der Waals surface area contributed by atoms with E-state index in [9.17, 15) is 27.9 Å². The summed E-state index contributed by atoms with van der Waals surface area (Å²) in [5.41, 5.74) is -0.657. The number of aromatic nitrogens is 2. The Morgan fingerprint density at radius 1 is 1.24 bits per heavy atom. The van der Waals surface area contributed by atoms with Crippen molar-refractivity contribution in [3.8, 4) is 5.75 Å². The van der Waals surface area contributed by atoms with E-state index in [1.165, 1.54) is 18.3 Å². The number of nitrogens with zero attached hydrogens (tertiary/aromatic N) is 3. The SMILES string of the molecule is CCCCn1/c(=N/C(=O)c2cc(C(F)(F)F)ccc2OC[C@H](C)O)sc2cc[n+](COC(=O)NCCCOC)cc21. The van der Waals surface area contributed by atoms with Crippen LogP contribution in [0.3, 0.4) is 0 Å². The first-order valence-corrected chi connectivity index (χ1v) is 13.9. The van der Waals surface area contributed by atoms with Crippen molar-refractivity contribution in [3.63, 3.8) is 0 Å². The Morgan fingerprint density at radius 2 is 2.02 bits per heavy atom. The number of carbonyl (C=O) groups is 2. The number of alkyl halides is 3. The van der Waals surface area contributed by atoms with Crippen LogP contribution >= 0.6 is 11.3 Å². The van der Waals surface area contributed by atoms with Gasteiger partial charge in [0.25, 0.3) is 12.6 Å².